The van der Waals surface area contributed by atoms with Gasteiger partial charge in [-0.15, -0.1) is 0 Å². The van der Waals surface area contributed by atoms with Gasteiger partial charge in [-0.2, -0.15) is 11.8 Å². The molecule has 2 aromatic rings. The van der Waals surface area contributed by atoms with Gasteiger partial charge in [-0.3, -0.25) is 9.59 Å². The van der Waals surface area contributed by atoms with Crippen molar-refractivity contribution in [1.82, 2.24) is 10.6 Å². The standard InChI is InChI=1S/C21H25Cl2N3O2S/c1-26(16-6-4-3-5-7-16)12-11-24-21(28)19(10-13-29-2)25-20(27)17-9-8-15(22)14-18(17)23/h3-9,14,19H,10-13H2,1-2H3,(H,24,28)(H,25,27). The molecule has 5 nitrogen and oxygen atoms in total. The molecule has 0 aliphatic heterocycles. The topological polar surface area (TPSA) is 61.4 Å². The van der Waals surface area contributed by atoms with Crippen molar-refractivity contribution in [3.05, 3.63) is 64.1 Å². The minimum atomic E-state index is -0.635. The molecule has 0 spiro atoms. The summed E-state index contributed by atoms with van der Waals surface area (Å²) in [7, 11) is 1.97. The Morgan fingerprint density at radius 3 is 2.52 bits per heavy atom. The number of anilines is 1. The highest BCUT2D eigenvalue weighted by Gasteiger charge is 2.22. The molecule has 0 aromatic heterocycles. The lowest BCUT2D eigenvalue weighted by atomic mass is 10.1. The van der Waals surface area contributed by atoms with Crippen LogP contribution in [0.25, 0.3) is 0 Å². The number of para-hydroxylation sites is 1. The number of likely N-dealkylation sites (N-methyl/N-ethyl adjacent to an activating group) is 1. The van der Waals surface area contributed by atoms with Crippen molar-refractivity contribution in [2.45, 2.75) is 12.5 Å². The third-order valence-corrected chi connectivity index (χ3v) is 5.54. The van der Waals surface area contributed by atoms with E-state index in [2.05, 4.69) is 15.5 Å². The van der Waals surface area contributed by atoms with Gasteiger partial charge in [0.2, 0.25) is 5.91 Å². The predicted octanol–water partition coefficient (Wildman–Crippen LogP) is 4.10. The second-order valence-electron chi connectivity index (χ2n) is 6.48. The molecule has 1 unspecified atom stereocenters. The van der Waals surface area contributed by atoms with Crippen LogP contribution < -0.4 is 15.5 Å². The number of halogens is 2. The Bertz CT molecular complexity index is 821. The van der Waals surface area contributed by atoms with E-state index in [-0.39, 0.29) is 10.9 Å². The number of rotatable bonds is 10. The fourth-order valence-corrected chi connectivity index (χ4v) is 3.66. The van der Waals surface area contributed by atoms with Gasteiger partial charge in [-0.1, -0.05) is 41.4 Å². The first-order chi connectivity index (χ1) is 13.9. The van der Waals surface area contributed by atoms with Crippen molar-refractivity contribution >= 4 is 52.5 Å². The number of hydrogen-bond donors (Lipinski definition) is 2. The fraction of sp³-hybridized carbons (Fsp3) is 0.333. The van der Waals surface area contributed by atoms with Crippen molar-refractivity contribution in [3.63, 3.8) is 0 Å². The van der Waals surface area contributed by atoms with Crippen LogP contribution in [0.4, 0.5) is 5.69 Å². The minimum Gasteiger partial charge on any atom is -0.373 e. The smallest absolute Gasteiger partial charge is 0.253 e. The average molecular weight is 454 g/mol. The second-order valence-corrected chi connectivity index (χ2v) is 8.31. The third-order valence-electron chi connectivity index (χ3n) is 4.35. The summed E-state index contributed by atoms with van der Waals surface area (Å²) in [6, 6.07) is 14.0. The summed E-state index contributed by atoms with van der Waals surface area (Å²) in [5.74, 6) is 0.143. The summed E-state index contributed by atoms with van der Waals surface area (Å²) >= 11 is 13.6. The number of hydrogen-bond acceptors (Lipinski definition) is 4. The Balaban J connectivity index is 1.93. The molecule has 0 saturated carbocycles. The van der Waals surface area contributed by atoms with Gasteiger partial charge in [0.25, 0.3) is 5.91 Å². The maximum atomic E-state index is 12.7. The van der Waals surface area contributed by atoms with E-state index in [0.717, 1.165) is 11.4 Å². The maximum absolute atomic E-state index is 12.7. The Morgan fingerprint density at radius 1 is 1.14 bits per heavy atom. The zero-order valence-electron chi connectivity index (χ0n) is 16.5. The Kier molecular flexibility index (Phi) is 9.64. The van der Waals surface area contributed by atoms with Gasteiger partial charge in [-0.25, -0.2) is 0 Å². The summed E-state index contributed by atoms with van der Waals surface area (Å²) in [4.78, 5) is 27.3. The molecule has 0 heterocycles. The lowest BCUT2D eigenvalue weighted by molar-refractivity contribution is -0.122. The molecule has 156 valence electrons. The quantitative estimate of drug-likeness (QED) is 0.568. The minimum absolute atomic E-state index is 0.209. The summed E-state index contributed by atoms with van der Waals surface area (Å²) in [6.07, 6.45) is 2.49. The highest BCUT2D eigenvalue weighted by Crippen LogP contribution is 2.21. The van der Waals surface area contributed by atoms with E-state index in [1.54, 1.807) is 23.9 Å². The number of carbonyl (C=O) groups excluding carboxylic acids is 2. The first kappa shape index (κ1) is 23.4. The highest BCUT2D eigenvalue weighted by atomic mass is 35.5. The summed E-state index contributed by atoms with van der Waals surface area (Å²) in [5.41, 5.74) is 1.37. The number of nitrogens with one attached hydrogen (secondary N) is 2. The lowest BCUT2D eigenvalue weighted by Crippen LogP contribution is -2.48. The fourth-order valence-electron chi connectivity index (χ4n) is 2.70. The molecule has 0 fully saturated rings. The molecular weight excluding hydrogens is 429 g/mol. The van der Waals surface area contributed by atoms with E-state index in [1.165, 1.54) is 6.07 Å². The largest absolute Gasteiger partial charge is 0.373 e. The van der Waals surface area contributed by atoms with E-state index in [9.17, 15) is 9.59 Å². The molecule has 0 aliphatic rings. The van der Waals surface area contributed by atoms with Crippen LogP contribution in [0.3, 0.4) is 0 Å². The second kappa shape index (κ2) is 12.0. The number of amides is 2. The zero-order valence-corrected chi connectivity index (χ0v) is 18.8. The van der Waals surface area contributed by atoms with Gasteiger partial charge in [0.05, 0.1) is 10.6 Å². The van der Waals surface area contributed by atoms with Gasteiger partial charge in [-0.05, 0) is 48.8 Å². The summed E-state index contributed by atoms with van der Waals surface area (Å²) < 4.78 is 0. The molecule has 8 heteroatoms. The molecule has 0 saturated heterocycles. The SMILES string of the molecule is CSCCC(NC(=O)c1ccc(Cl)cc1Cl)C(=O)NCCN(C)c1ccccc1. The number of carbonyl (C=O) groups is 2. The Morgan fingerprint density at radius 2 is 1.86 bits per heavy atom. The van der Waals surface area contributed by atoms with Gasteiger partial charge >= 0.3 is 0 Å². The van der Waals surface area contributed by atoms with E-state index in [1.807, 2.05) is 43.6 Å². The molecule has 0 bridgehead atoms. The van der Waals surface area contributed by atoms with Gasteiger partial charge in [0, 0.05) is 30.8 Å². The van der Waals surface area contributed by atoms with Crippen molar-refractivity contribution < 1.29 is 9.59 Å². The van der Waals surface area contributed by atoms with E-state index >= 15 is 0 Å². The monoisotopic (exact) mass is 453 g/mol. The van der Waals surface area contributed by atoms with Crippen LogP contribution >= 0.6 is 35.0 Å². The molecule has 2 aromatic carbocycles. The van der Waals surface area contributed by atoms with Crippen molar-refractivity contribution in [2.75, 3.05) is 37.0 Å². The van der Waals surface area contributed by atoms with Crippen molar-refractivity contribution in [2.24, 2.45) is 0 Å². The molecule has 2 rings (SSSR count). The molecule has 2 amide bonds. The zero-order chi connectivity index (χ0) is 21.2. The molecular formula is C21H25Cl2N3O2S. The maximum Gasteiger partial charge on any atom is 0.253 e. The highest BCUT2D eigenvalue weighted by molar-refractivity contribution is 7.98. The van der Waals surface area contributed by atoms with Crippen LogP contribution in [-0.2, 0) is 4.79 Å². The normalized spacial score (nSPS) is 11.6. The van der Waals surface area contributed by atoms with Gasteiger partial charge < -0.3 is 15.5 Å². The molecule has 2 N–H and O–H groups in total. The number of nitrogens with zero attached hydrogens (tertiary/aromatic N) is 1. The molecule has 0 radical (unpaired) electrons. The van der Waals surface area contributed by atoms with Crippen LogP contribution in [0.15, 0.2) is 48.5 Å². The number of thioether (sulfide) groups is 1. The lowest BCUT2D eigenvalue weighted by Gasteiger charge is -2.22. The molecule has 29 heavy (non-hydrogen) atoms. The molecule has 1 atom stereocenters. The van der Waals surface area contributed by atoms with Crippen molar-refractivity contribution in [1.29, 1.82) is 0 Å². The van der Waals surface area contributed by atoms with Crippen LogP contribution in [0.1, 0.15) is 16.8 Å². The summed E-state index contributed by atoms with van der Waals surface area (Å²) in [6.45, 7) is 1.12. The van der Waals surface area contributed by atoms with Crippen molar-refractivity contribution in [3.8, 4) is 0 Å². The van der Waals surface area contributed by atoms with E-state index < -0.39 is 11.9 Å². The average Bonchev–Trinajstić information content (AvgIpc) is 2.71. The van der Waals surface area contributed by atoms with Crippen LogP contribution in [0.5, 0.6) is 0 Å². The Labute approximate surface area is 186 Å². The predicted molar refractivity (Wildman–Crippen MR) is 123 cm³/mol. The van der Waals surface area contributed by atoms with Gasteiger partial charge in [0.1, 0.15) is 6.04 Å². The van der Waals surface area contributed by atoms with Crippen LogP contribution in [0.2, 0.25) is 10.0 Å². The first-order valence-corrected chi connectivity index (χ1v) is 11.4. The van der Waals surface area contributed by atoms with E-state index in [4.69, 9.17) is 23.2 Å². The first-order valence-electron chi connectivity index (χ1n) is 9.21. The van der Waals surface area contributed by atoms with Gasteiger partial charge in [0.15, 0.2) is 0 Å². The number of benzene rings is 2. The van der Waals surface area contributed by atoms with Crippen LogP contribution in [-0.4, -0.2) is 50.0 Å². The summed E-state index contributed by atoms with van der Waals surface area (Å²) in [5, 5.41) is 6.41. The van der Waals surface area contributed by atoms with Crippen LogP contribution in [0, 0.1) is 0 Å². The van der Waals surface area contributed by atoms with E-state index in [0.29, 0.717) is 30.1 Å². The molecule has 0 aliphatic carbocycles. The Hall–Kier alpha value is -1.89. The third kappa shape index (κ3) is 7.46.